The first-order chi connectivity index (χ1) is 6.56. The fourth-order valence-electron chi connectivity index (χ4n) is 0.920. The van der Waals surface area contributed by atoms with Crippen molar-refractivity contribution in [1.82, 2.24) is 19.7 Å². The second-order valence-electron chi connectivity index (χ2n) is 2.37. The van der Waals surface area contributed by atoms with Crippen LogP contribution in [0.25, 0.3) is 11.2 Å². The number of hydrogen-bond donors (Lipinski definition) is 2. The molecule has 0 saturated heterocycles. The molecule has 0 aliphatic heterocycles. The molecule has 2 rings (SSSR count). The van der Waals surface area contributed by atoms with Gasteiger partial charge in [-0.1, -0.05) is 0 Å². The van der Waals surface area contributed by atoms with Crippen LogP contribution in [0.15, 0.2) is 18.9 Å². The molecule has 0 unspecified atom stereocenters. The van der Waals surface area contributed by atoms with E-state index < -0.39 is 7.82 Å². The first-order valence-electron chi connectivity index (χ1n) is 3.45. The normalized spacial score (nSPS) is 11.9. The van der Waals surface area contributed by atoms with Crippen molar-refractivity contribution >= 4 is 19.0 Å². The van der Waals surface area contributed by atoms with Crippen LogP contribution in [0.5, 0.6) is 0 Å². The molecule has 8 nitrogen and oxygen atoms in total. The lowest BCUT2D eigenvalue weighted by Crippen LogP contribution is -2.07. The van der Waals surface area contributed by atoms with E-state index in [2.05, 4.69) is 19.6 Å². The molecular weight excluding hydrogens is 211 g/mol. The van der Waals surface area contributed by atoms with Crippen molar-refractivity contribution in [1.29, 1.82) is 0 Å². The van der Waals surface area contributed by atoms with E-state index in [9.17, 15) is 4.57 Å². The van der Waals surface area contributed by atoms with Crippen molar-refractivity contribution in [3.63, 3.8) is 0 Å². The predicted molar refractivity (Wildman–Crippen MR) is 43.9 cm³/mol. The number of hydrogen-bond acceptors (Lipinski definition) is 5. The maximum atomic E-state index is 10.5. The average Bonchev–Trinajstić information content (AvgIpc) is 2.47. The Balaban J connectivity index is 2.49. The molecule has 0 aliphatic rings. The van der Waals surface area contributed by atoms with Crippen LogP contribution in [0.1, 0.15) is 0 Å². The minimum absolute atomic E-state index is 0.198. The van der Waals surface area contributed by atoms with Crippen molar-refractivity contribution in [3.8, 4) is 0 Å². The molecule has 2 aromatic heterocycles. The fraction of sp³-hybridized carbons (Fsp3) is 0. The Bertz CT molecular complexity index is 505. The Labute approximate surface area is 77.4 Å². The van der Waals surface area contributed by atoms with Crippen molar-refractivity contribution in [2.75, 3.05) is 0 Å². The summed E-state index contributed by atoms with van der Waals surface area (Å²) >= 11 is 0. The molecule has 9 heteroatoms. The summed E-state index contributed by atoms with van der Waals surface area (Å²) in [4.78, 5) is 28.3. The quantitative estimate of drug-likeness (QED) is 0.641. The number of aromatic nitrogens is 4. The highest BCUT2D eigenvalue weighted by Crippen LogP contribution is 2.31. The SMILES string of the molecule is O=P(O)(O)On1cnc2cncnc21. The summed E-state index contributed by atoms with van der Waals surface area (Å²) < 4.78 is 15.6. The molecule has 0 atom stereocenters. The van der Waals surface area contributed by atoms with Gasteiger partial charge in [0.05, 0.1) is 6.20 Å². The molecule has 0 aromatic carbocycles. The first kappa shape index (κ1) is 9.07. The summed E-state index contributed by atoms with van der Waals surface area (Å²) in [6.07, 6.45) is 3.74. The van der Waals surface area contributed by atoms with Crippen LogP contribution in [0, 0.1) is 0 Å². The Morgan fingerprint density at radius 1 is 1.43 bits per heavy atom. The second kappa shape index (κ2) is 3.02. The van der Waals surface area contributed by atoms with Gasteiger partial charge >= 0.3 is 7.82 Å². The lowest BCUT2D eigenvalue weighted by Gasteiger charge is -2.05. The van der Waals surface area contributed by atoms with Gasteiger partial charge in [-0.2, -0.15) is 0 Å². The lowest BCUT2D eigenvalue weighted by atomic mass is 10.6. The molecule has 2 N–H and O–H groups in total. The van der Waals surface area contributed by atoms with E-state index in [0.717, 1.165) is 11.1 Å². The number of imidazole rings is 1. The zero-order valence-electron chi connectivity index (χ0n) is 6.68. The van der Waals surface area contributed by atoms with Crippen molar-refractivity contribution < 1.29 is 19.0 Å². The molecule has 0 saturated carbocycles. The molecule has 0 spiro atoms. The third kappa shape index (κ3) is 1.72. The van der Waals surface area contributed by atoms with Gasteiger partial charge in [0, 0.05) is 0 Å². The molecule has 14 heavy (non-hydrogen) atoms. The van der Waals surface area contributed by atoms with Crippen LogP contribution in [-0.2, 0) is 4.57 Å². The van der Waals surface area contributed by atoms with Crippen LogP contribution in [0.3, 0.4) is 0 Å². The van der Waals surface area contributed by atoms with Gasteiger partial charge < -0.3 is 4.62 Å². The summed E-state index contributed by atoms with van der Waals surface area (Å²) in [7, 11) is -4.60. The van der Waals surface area contributed by atoms with E-state index in [1.165, 1.54) is 12.5 Å². The average molecular weight is 216 g/mol. The molecule has 0 bridgehead atoms. The van der Waals surface area contributed by atoms with Gasteiger partial charge in [-0.05, 0) is 0 Å². The highest BCUT2D eigenvalue weighted by Gasteiger charge is 2.18. The molecule has 0 aliphatic carbocycles. The zero-order valence-corrected chi connectivity index (χ0v) is 7.57. The van der Waals surface area contributed by atoms with E-state index in [1.54, 1.807) is 0 Å². The molecule has 2 aromatic rings. The Kier molecular flexibility index (Phi) is 1.95. The van der Waals surface area contributed by atoms with E-state index in [0.29, 0.717) is 5.52 Å². The maximum absolute atomic E-state index is 10.5. The Morgan fingerprint density at radius 3 is 2.93 bits per heavy atom. The van der Waals surface area contributed by atoms with Gasteiger partial charge in [0.2, 0.25) is 0 Å². The topological polar surface area (TPSA) is 110 Å². The summed E-state index contributed by atoms with van der Waals surface area (Å²) in [5.74, 6) is 0. The Hall–Kier alpha value is -1.50. The van der Waals surface area contributed by atoms with Gasteiger partial charge in [0.25, 0.3) is 0 Å². The van der Waals surface area contributed by atoms with Crippen LogP contribution in [-0.4, -0.2) is 29.5 Å². The van der Waals surface area contributed by atoms with Gasteiger partial charge in [0.1, 0.15) is 18.2 Å². The zero-order chi connectivity index (χ0) is 10.2. The monoisotopic (exact) mass is 216 g/mol. The largest absolute Gasteiger partial charge is 0.543 e. The van der Waals surface area contributed by atoms with Crippen molar-refractivity contribution in [3.05, 3.63) is 18.9 Å². The van der Waals surface area contributed by atoms with E-state index in [4.69, 9.17) is 9.79 Å². The van der Waals surface area contributed by atoms with Crippen molar-refractivity contribution in [2.45, 2.75) is 0 Å². The van der Waals surface area contributed by atoms with Crippen molar-refractivity contribution in [2.24, 2.45) is 0 Å². The number of phosphoric acid groups is 1. The molecule has 0 fully saturated rings. The van der Waals surface area contributed by atoms with Gasteiger partial charge in [-0.15, -0.1) is 4.73 Å². The predicted octanol–water partition coefficient (Wildman–Crippen LogP) is -0.652. The van der Waals surface area contributed by atoms with E-state index in [-0.39, 0.29) is 5.65 Å². The number of nitrogens with zero attached hydrogens (tertiary/aromatic N) is 4. The van der Waals surface area contributed by atoms with Crippen LogP contribution >= 0.6 is 7.82 Å². The summed E-state index contributed by atoms with van der Waals surface area (Å²) in [6, 6.07) is 0. The minimum atomic E-state index is -4.60. The smallest absolute Gasteiger partial charge is 0.308 e. The molecule has 2 heterocycles. The van der Waals surface area contributed by atoms with E-state index >= 15 is 0 Å². The highest BCUT2D eigenvalue weighted by atomic mass is 31.2. The third-order valence-electron chi connectivity index (χ3n) is 1.38. The molecule has 0 radical (unpaired) electrons. The van der Waals surface area contributed by atoms with E-state index in [1.807, 2.05) is 0 Å². The van der Waals surface area contributed by atoms with Crippen LogP contribution in [0.4, 0.5) is 0 Å². The number of rotatable bonds is 2. The minimum Gasteiger partial charge on any atom is -0.308 e. The highest BCUT2D eigenvalue weighted by molar-refractivity contribution is 7.46. The van der Waals surface area contributed by atoms with Crippen LogP contribution in [0.2, 0.25) is 0 Å². The molecule has 0 amide bonds. The standard InChI is InChI=1S/C5H5N4O4P/c10-14(11,12)13-9-3-8-4-1-6-2-7-5(4)9/h1-3H,(H2,10,11,12). The fourth-order valence-corrected chi connectivity index (χ4v) is 1.27. The summed E-state index contributed by atoms with van der Waals surface area (Å²) in [6.45, 7) is 0. The number of fused-ring (bicyclic) bond motifs is 1. The summed E-state index contributed by atoms with van der Waals surface area (Å²) in [5.41, 5.74) is 0.587. The molecule has 74 valence electrons. The van der Waals surface area contributed by atoms with Gasteiger partial charge in [0.15, 0.2) is 5.65 Å². The second-order valence-corrected chi connectivity index (χ2v) is 3.52. The van der Waals surface area contributed by atoms with Gasteiger partial charge in [-0.25, -0.2) is 19.5 Å². The maximum Gasteiger partial charge on any atom is 0.543 e. The summed E-state index contributed by atoms with van der Waals surface area (Å²) in [5, 5.41) is 0. The first-order valence-corrected chi connectivity index (χ1v) is 4.98. The Morgan fingerprint density at radius 2 is 2.21 bits per heavy atom. The van der Waals surface area contributed by atoms with Crippen LogP contribution < -0.4 is 4.62 Å². The van der Waals surface area contributed by atoms with Gasteiger partial charge in [-0.3, -0.25) is 9.79 Å². The third-order valence-corrected chi connectivity index (χ3v) is 1.77. The molecular formula is C5H5N4O4P. The lowest BCUT2D eigenvalue weighted by molar-refractivity contribution is 0.183.